The van der Waals surface area contributed by atoms with Crippen LogP contribution in [0.4, 0.5) is 15.8 Å². The lowest BCUT2D eigenvalue weighted by molar-refractivity contribution is 0.629. The number of H-pyrrole nitrogens is 1. The second kappa shape index (κ2) is 4.57. The minimum absolute atomic E-state index is 0.276. The van der Waals surface area contributed by atoms with Gasteiger partial charge in [0.1, 0.15) is 11.5 Å². The zero-order valence-electron chi connectivity index (χ0n) is 9.98. The number of halogens is 1. The van der Waals surface area contributed by atoms with Gasteiger partial charge in [-0.15, -0.1) is 0 Å². The third-order valence-corrected chi connectivity index (χ3v) is 2.86. The Kier molecular flexibility index (Phi) is 2.76. The van der Waals surface area contributed by atoms with E-state index in [-0.39, 0.29) is 11.4 Å². The predicted octanol–water partition coefficient (Wildman–Crippen LogP) is 3.41. The summed E-state index contributed by atoms with van der Waals surface area (Å²) in [5, 5.41) is 3.82. The number of hydrogen-bond acceptors (Lipinski definition) is 2. The van der Waals surface area contributed by atoms with Gasteiger partial charge in [0, 0.05) is 11.1 Å². The molecule has 0 aliphatic carbocycles. The highest BCUT2D eigenvalue weighted by Crippen LogP contribution is 2.17. The summed E-state index contributed by atoms with van der Waals surface area (Å²) in [5.74, 6) is -0.369. The van der Waals surface area contributed by atoms with Crippen LogP contribution in [0.25, 0.3) is 10.9 Å². The van der Waals surface area contributed by atoms with E-state index in [0.29, 0.717) is 11.2 Å². The molecule has 0 amide bonds. The van der Waals surface area contributed by atoms with E-state index in [1.807, 2.05) is 30.3 Å². The van der Waals surface area contributed by atoms with Gasteiger partial charge in [-0.3, -0.25) is 4.79 Å². The topological polar surface area (TPSA) is 44.9 Å². The van der Waals surface area contributed by atoms with E-state index >= 15 is 0 Å². The number of nitrogens with one attached hydrogen (secondary N) is 2. The van der Waals surface area contributed by atoms with Gasteiger partial charge in [0.25, 0.3) is 5.56 Å². The third kappa shape index (κ3) is 2.33. The quantitative estimate of drug-likeness (QED) is 0.736. The standard InChI is InChI=1S/C15H11FN2O/c16-11-7-6-10-8-14(15(19)18-13(10)9-11)17-12-4-2-1-3-5-12/h1-9,17H,(H,18,19). The summed E-state index contributed by atoms with van der Waals surface area (Å²) < 4.78 is 13.1. The van der Waals surface area contributed by atoms with Crippen molar-refractivity contribution in [2.75, 3.05) is 5.32 Å². The van der Waals surface area contributed by atoms with Gasteiger partial charge in [0.05, 0.1) is 5.52 Å². The van der Waals surface area contributed by atoms with Crippen LogP contribution >= 0.6 is 0 Å². The molecule has 1 aromatic heterocycles. The van der Waals surface area contributed by atoms with Gasteiger partial charge in [-0.2, -0.15) is 0 Å². The van der Waals surface area contributed by atoms with Crippen LogP contribution in [-0.4, -0.2) is 4.98 Å². The van der Waals surface area contributed by atoms with Crippen molar-refractivity contribution >= 4 is 22.3 Å². The lowest BCUT2D eigenvalue weighted by atomic mass is 10.2. The Bertz CT molecular complexity index is 781. The van der Waals surface area contributed by atoms with E-state index in [1.54, 1.807) is 12.1 Å². The van der Waals surface area contributed by atoms with Gasteiger partial charge in [-0.1, -0.05) is 18.2 Å². The first kappa shape index (κ1) is 11.5. The van der Waals surface area contributed by atoms with Gasteiger partial charge >= 0.3 is 0 Å². The molecule has 0 aliphatic heterocycles. The first-order valence-corrected chi connectivity index (χ1v) is 5.87. The van der Waals surface area contributed by atoms with Gasteiger partial charge < -0.3 is 10.3 Å². The van der Waals surface area contributed by atoms with Crippen LogP contribution in [-0.2, 0) is 0 Å². The smallest absolute Gasteiger partial charge is 0.272 e. The van der Waals surface area contributed by atoms with Crippen LogP contribution in [0.15, 0.2) is 59.4 Å². The molecule has 4 heteroatoms. The lowest BCUT2D eigenvalue weighted by Gasteiger charge is -2.06. The summed E-state index contributed by atoms with van der Waals surface area (Å²) in [6, 6.07) is 15.4. The van der Waals surface area contributed by atoms with Crippen LogP contribution in [0.2, 0.25) is 0 Å². The number of aromatic nitrogens is 1. The molecule has 3 nitrogen and oxygen atoms in total. The molecule has 3 aromatic rings. The molecule has 0 fully saturated rings. The molecule has 19 heavy (non-hydrogen) atoms. The van der Waals surface area contributed by atoms with E-state index < -0.39 is 0 Å². The average molecular weight is 254 g/mol. The number of pyridine rings is 1. The van der Waals surface area contributed by atoms with E-state index in [1.165, 1.54) is 12.1 Å². The van der Waals surface area contributed by atoms with E-state index in [0.717, 1.165) is 11.1 Å². The Morgan fingerprint density at radius 1 is 1.00 bits per heavy atom. The summed E-state index contributed by atoms with van der Waals surface area (Å²) in [6.45, 7) is 0. The molecule has 94 valence electrons. The van der Waals surface area contributed by atoms with E-state index in [4.69, 9.17) is 0 Å². The molecule has 0 atom stereocenters. The molecule has 0 radical (unpaired) electrons. The normalized spacial score (nSPS) is 10.6. The molecule has 2 aromatic carbocycles. The second-order valence-corrected chi connectivity index (χ2v) is 4.23. The molecule has 0 saturated heterocycles. The summed E-state index contributed by atoms with van der Waals surface area (Å²) in [7, 11) is 0. The van der Waals surface area contributed by atoms with Gasteiger partial charge in [0.15, 0.2) is 0 Å². The van der Waals surface area contributed by atoms with Crippen molar-refractivity contribution in [3.05, 3.63) is 70.8 Å². The largest absolute Gasteiger partial charge is 0.351 e. The van der Waals surface area contributed by atoms with Crippen LogP contribution in [0, 0.1) is 5.82 Å². The van der Waals surface area contributed by atoms with Crippen molar-refractivity contribution in [1.82, 2.24) is 4.98 Å². The molecule has 1 heterocycles. The van der Waals surface area contributed by atoms with Crippen molar-refractivity contribution in [3.8, 4) is 0 Å². The highest BCUT2D eigenvalue weighted by atomic mass is 19.1. The zero-order valence-corrected chi connectivity index (χ0v) is 9.98. The number of anilines is 2. The summed E-state index contributed by atoms with van der Waals surface area (Å²) in [6.07, 6.45) is 0. The minimum atomic E-state index is -0.369. The fourth-order valence-electron chi connectivity index (χ4n) is 1.94. The zero-order chi connectivity index (χ0) is 13.2. The highest BCUT2D eigenvalue weighted by molar-refractivity contribution is 5.82. The fourth-order valence-corrected chi connectivity index (χ4v) is 1.94. The number of para-hydroxylation sites is 1. The first-order valence-electron chi connectivity index (χ1n) is 5.87. The summed E-state index contributed by atoms with van der Waals surface area (Å²) in [4.78, 5) is 14.6. The average Bonchev–Trinajstić information content (AvgIpc) is 2.41. The summed E-state index contributed by atoms with van der Waals surface area (Å²) in [5.41, 5.74) is 1.48. The Hall–Kier alpha value is -2.62. The molecule has 0 saturated carbocycles. The maximum atomic E-state index is 13.1. The van der Waals surface area contributed by atoms with Crippen molar-refractivity contribution in [3.63, 3.8) is 0 Å². The number of rotatable bonds is 2. The highest BCUT2D eigenvalue weighted by Gasteiger charge is 2.04. The Balaban J connectivity index is 2.07. The van der Waals surface area contributed by atoms with Crippen molar-refractivity contribution in [2.24, 2.45) is 0 Å². The number of hydrogen-bond donors (Lipinski definition) is 2. The molecule has 0 spiro atoms. The molecule has 2 N–H and O–H groups in total. The molecule has 0 unspecified atom stereocenters. The maximum absolute atomic E-state index is 13.1. The lowest BCUT2D eigenvalue weighted by Crippen LogP contribution is -2.11. The fraction of sp³-hybridized carbons (Fsp3) is 0. The molecular weight excluding hydrogens is 243 g/mol. The van der Waals surface area contributed by atoms with E-state index in [9.17, 15) is 9.18 Å². The van der Waals surface area contributed by atoms with Gasteiger partial charge in [0.2, 0.25) is 0 Å². The number of benzene rings is 2. The minimum Gasteiger partial charge on any atom is -0.351 e. The Labute approximate surface area is 108 Å². The van der Waals surface area contributed by atoms with Crippen molar-refractivity contribution in [1.29, 1.82) is 0 Å². The Morgan fingerprint density at radius 2 is 1.79 bits per heavy atom. The Morgan fingerprint density at radius 3 is 2.58 bits per heavy atom. The molecule has 0 aliphatic rings. The molecular formula is C15H11FN2O. The van der Waals surface area contributed by atoms with Gasteiger partial charge in [-0.25, -0.2) is 4.39 Å². The van der Waals surface area contributed by atoms with Crippen LogP contribution in [0.3, 0.4) is 0 Å². The monoisotopic (exact) mass is 254 g/mol. The maximum Gasteiger partial charge on any atom is 0.272 e. The van der Waals surface area contributed by atoms with Crippen LogP contribution in [0.5, 0.6) is 0 Å². The number of fused-ring (bicyclic) bond motifs is 1. The summed E-state index contributed by atoms with van der Waals surface area (Å²) >= 11 is 0. The SMILES string of the molecule is O=c1[nH]c2cc(F)ccc2cc1Nc1ccccc1. The third-order valence-electron chi connectivity index (χ3n) is 2.86. The van der Waals surface area contributed by atoms with Crippen LogP contribution < -0.4 is 10.9 Å². The van der Waals surface area contributed by atoms with Crippen molar-refractivity contribution in [2.45, 2.75) is 0 Å². The molecule has 3 rings (SSSR count). The van der Waals surface area contributed by atoms with Crippen molar-refractivity contribution < 1.29 is 4.39 Å². The van der Waals surface area contributed by atoms with E-state index in [2.05, 4.69) is 10.3 Å². The first-order chi connectivity index (χ1) is 9.22. The van der Waals surface area contributed by atoms with Gasteiger partial charge in [-0.05, 0) is 36.4 Å². The van der Waals surface area contributed by atoms with Crippen LogP contribution in [0.1, 0.15) is 0 Å². The number of aromatic amines is 1. The second-order valence-electron chi connectivity index (χ2n) is 4.23. The predicted molar refractivity (Wildman–Crippen MR) is 74.3 cm³/mol. The molecule has 0 bridgehead atoms.